The van der Waals surface area contributed by atoms with Gasteiger partial charge >= 0.3 is 0 Å². The van der Waals surface area contributed by atoms with Gasteiger partial charge in [-0.15, -0.1) is 0 Å². The molecule has 1 aromatic carbocycles. The van der Waals surface area contributed by atoms with Crippen LogP contribution in [-0.2, 0) is 0 Å². The standard InChI is InChI=1S/C19H22FN2/c20-18-7-5-16(6-8-18)19(17-9-11-21-12-10-17)4-3-15-22-13-1-2-14-22/h4-12,19H,1-3,13-15H2. The first-order valence-corrected chi connectivity index (χ1v) is 8.04. The first kappa shape index (κ1) is 15.2. The molecule has 2 nitrogen and oxygen atoms in total. The lowest BCUT2D eigenvalue weighted by Gasteiger charge is -2.20. The van der Waals surface area contributed by atoms with Crippen LogP contribution in [-0.4, -0.2) is 29.5 Å². The van der Waals surface area contributed by atoms with E-state index in [0.29, 0.717) is 0 Å². The number of hydrogen-bond acceptors (Lipinski definition) is 2. The van der Waals surface area contributed by atoms with Crippen molar-refractivity contribution in [2.45, 2.75) is 25.2 Å². The molecule has 115 valence electrons. The lowest BCUT2D eigenvalue weighted by molar-refractivity contribution is 0.340. The Labute approximate surface area is 132 Å². The van der Waals surface area contributed by atoms with Crippen molar-refractivity contribution in [2.24, 2.45) is 0 Å². The number of benzene rings is 1. The molecule has 0 bridgehead atoms. The van der Waals surface area contributed by atoms with Crippen molar-refractivity contribution < 1.29 is 4.39 Å². The Kier molecular flexibility index (Phi) is 5.17. The van der Waals surface area contributed by atoms with Crippen LogP contribution in [0.3, 0.4) is 0 Å². The van der Waals surface area contributed by atoms with E-state index in [1.807, 2.05) is 36.7 Å². The summed E-state index contributed by atoms with van der Waals surface area (Å²) in [7, 11) is 0. The summed E-state index contributed by atoms with van der Waals surface area (Å²) < 4.78 is 13.2. The van der Waals surface area contributed by atoms with Gasteiger partial charge in [0.25, 0.3) is 0 Å². The number of rotatable bonds is 6. The van der Waals surface area contributed by atoms with Crippen LogP contribution in [0.25, 0.3) is 0 Å². The van der Waals surface area contributed by atoms with Gasteiger partial charge < -0.3 is 4.90 Å². The van der Waals surface area contributed by atoms with Crippen LogP contribution in [0.5, 0.6) is 0 Å². The summed E-state index contributed by atoms with van der Waals surface area (Å²) in [6.45, 7) is 3.57. The highest BCUT2D eigenvalue weighted by Gasteiger charge is 2.16. The summed E-state index contributed by atoms with van der Waals surface area (Å²) in [6.07, 6.45) is 9.68. The lowest BCUT2D eigenvalue weighted by atomic mass is 9.88. The summed E-state index contributed by atoms with van der Waals surface area (Å²) in [5.74, 6) is 0.0144. The highest BCUT2D eigenvalue weighted by atomic mass is 19.1. The highest BCUT2D eigenvalue weighted by Crippen LogP contribution is 2.28. The van der Waals surface area contributed by atoms with E-state index in [2.05, 4.69) is 16.3 Å². The first-order chi connectivity index (χ1) is 10.8. The predicted octanol–water partition coefficient (Wildman–Crippen LogP) is 4.04. The molecule has 0 spiro atoms. The van der Waals surface area contributed by atoms with Crippen molar-refractivity contribution in [3.63, 3.8) is 0 Å². The second-order valence-electron chi connectivity index (χ2n) is 5.88. The monoisotopic (exact) mass is 297 g/mol. The quantitative estimate of drug-likeness (QED) is 0.800. The normalized spacial score (nSPS) is 16.8. The third kappa shape index (κ3) is 3.92. The fourth-order valence-corrected chi connectivity index (χ4v) is 3.14. The summed E-state index contributed by atoms with van der Waals surface area (Å²) >= 11 is 0. The van der Waals surface area contributed by atoms with Gasteiger partial charge in [0.15, 0.2) is 0 Å². The van der Waals surface area contributed by atoms with Gasteiger partial charge in [-0.25, -0.2) is 4.39 Å². The molecule has 1 saturated heterocycles. The van der Waals surface area contributed by atoms with Crippen LogP contribution in [0.15, 0.2) is 48.8 Å². The van der Waals surface area contributed by atoms with Crippen molar-refractivity contribution in [2.75, 3.05) is 19.6 Å². The number of halogens is 1. The number of nitrogens with zero attached hydrogens (tertiary/aromatic N) is 2. The van der Waals surface area contributed by atoms with Crippen LogP contribution in [0.2, 0.25) is 0 Å². The molecule has 3 rings (SSSR count). The molecule has 1 aliphatic rings. The Balaban J connectivity index is 1.70. The van der Waals surface area contributed by atoms with E-state index in [1.54, 1.807) is 0 Å². The van der Waals surface area contributed by atoms with Gasteiger partial charge in [-0.3, -0.25) is 4.98 Å². The molecule has 1 aromatic heterocycles. The second kappa shape index (κ2) is 7.50. The molecule has 22 heavy (non-hydrogen) atoms. The number of pyridine rings is 1. The zero-order valence-electron chi connectivity index (χ0n) is 12.8. The van der Waals surface area contributed by atoms with E-state index < -0.39 is 0 Å². The fourth-order valence-electron chi connectivity index (χ4n) is 3.14. The van der Waals surface area contributed by atoms with Gasteiger partial charge in [0.1, 0.15) is 5.82 Å². The molecule has 1 aliphatic heterocycles. The van der Waals surface area contributed by atoms with Crippen LogP contribution >= 0.6 is 0 Å². The van der Waals surface area contributed by atoms with Gasteiger partial charge in [0.2, 0.25) is 0 Å². The molecule has 2 aromatic rings. The minimum Gasteiger partial charge on any atom is -0.303 e. The van der Waals surface area contributed by atoms with Crippen molar-refractivity contribution >= 4 is 0 Å². The molecule has 2 heterocycles. The van der Waals surface area contributed by atoms with Crippen LogP contribution < -0.4 is 0 Å². The van der Waals surface area contributed by atoms with Crippen molar-refractivity contribution in [1.82, 2.24) is 9.88 Å². The molecule has 0 amide bonds. The summed E-state index contributed by atoms with van der Waals surface area (Å²) in [6, 6.07) is 10.9. The molecule has 0 saturated carbocycles. The molecule has 1 radical (unpaired) electrons. The first-order valence-electron chi connectivity index (χ1n) is 8.04. The van der Waals surface area contributed by atoms with Crippen molar-refractivity contribution in [3.05, 3.63) is 72.2 Å². The average Bonchev–Trinajstić information content (AvgIpc) is 3.07. The molecule has 1 atom stereocenters. The maximum atomic E-state index is 13.2. The average molecular weight is 297 g/mol. The zero-order chi connectivity index (χ0) is 15.2. The molecular weight excluding hydrogens is 275 g/mol. The Morgan fingerprint density at radius 1 is 1.00 bits per heavy atom. The van der Waals surface area contributed by atoms with Crippen LogP contribution in [0, 0.1) is 12.2 Å². The lowest BCUT2D eigenvalue weighted by Crippen LogP contribution is -2.21. The molecule has 1 unspecified atom stereocenters. The van der Waals surface area contributed by atoms with E-state index >= 15 is 0 Å². The summed E-state index contributed by atoms with van der Waals surface area (Å²) in [5, 5.41) is 0. The largest absolute Gasteiger partial charge is 0.303 e. The van der Waals surface area contributed by atoms with E-state index in [-0.39, 0.29) is 11.7 Å². The van der Waals surface area contributed by atoms with Crippen LogP contribution in [0.4, 0.5) is 4.39 Å². The van der Waals surface area contributed by atoms with E-state index in [0.717, 1.165) is 18.5 Å². The van der Waals surface area contributed by atoms with Gasteiger partial charge in [-0.2, -0.15) is 0 Å². The van der Waals surface area contributed by atoms with E-state index in [9.17, 15) is 4.39 Å². The van der Waals surface area contributed by atoms with Crippen molar-refractivity contribution in [3.8, 4) is 0 Å². The van der Waals surface area contributed by atoms with Gasteiger partial charge in [-0.05, 0) is 80.7 Å². The third-order valence-electron chi connectivity index (χ3n) is 4.34. The molecular formula is C19H22FN2. The highest BCUT2D eigenvalue weighted by molar-refractivity contribution is 5.34. The van der Waals surface area contributed by atoms with E-state index in [4.69, 9.17) is 0 Å². The molecule has 0 aliphatic carbocycles. The van der Waals surface area contributed by atoms with Crippen molar-refractivity contribution in [1.29, 1.82) is 0 Å². The fraction of sp³-hybridized carbons (Fsp3) is 0.368. The predicted molar refractivity (Wildman–Crippen MR) is 87.1 cm³/mol. The molecule has 1 fully saturated rings. The Bertz CT molecular complexity index is 562. The topological polar surface area (TPSA) is 16.1 Å². The van der Waals surface area contributed by atoms with Gasteiger partial charge in [0.05, 0.1) is 0 Å². The maximum Gasteiger partial charge on any atom is 0.123 e. The van der Waals surface area contributed by atoms with Gasteiger partial charge in [-0.1, -0.05) is 12.1 Å². The SMILES string of the molecule is Fc1ccc(C([CH]CCN2CCCC2)c2ccncc2)cc1. The Morgan fingerprint density at radius 2 is 1.64 bits per heavy atom. The number of hydrogen-bond donors (Lipinski definition) is 0. The minimum atomic E-state index is -0.186. The van der Waals surface area contributed by atoms with Crippen LogP contribution in [0.1, 0.15) is 36.3 Å². The summed E-state index contributed by atoms with van der Waals surface area (Å²) in [5.41, 5.74) is 2.34. The zero-order valence-corrected chi connectivity index (χ0v) is 12.8. The Hall–Kier alpha value is -1.74. The summed E-state index contributed by atoms with van der Waals surface area (Å²) in [4.78, 5) is 6.62. The smallest absolute Gasteiger partial charge is 0.123 e. The maximum absolute atomic E-state index is 13.2. The molecule has 3 heteroatoms. The third-order valence-corrected chi connectivity index (χ3v) is 4.34. The van der Waals surface area contributed by atoms with Gasteiger partial charge in [0, 0.05) is 18.3 Å². The van der Waals surface area contributed by atoms with E-state index in [1.165, 1.54) is 43.6 Å². The Morgan fingerprint density at radius 3 is 2.32 bits per heavy atom. The second-order valence-corrected chi connectivity index (χ2v) is 5.88. The molecule has 0 N–H and O–H groups in total. The minimum absolute atomic E-state index is 0.186. The number of likely N-dealkylation sites (tertiary alicyclic amines) is 1. The number of aromatic nitrogens is 1.